The Morgan fingerprint density at radius 3 is 2.62 bits per heavy atom. The number of benzene rings is 2. The van der Waals surface area contributed by atoms with E-state index in [1.165, 1.54) is 0 Å². The van der Waals surface area contributed by atoms with Crippen LogP contribution in [0.2, 0.25) is 0 Å². The Bertz CT molecular complexity index is 679. The van der Waals surface area contributed by atoms with E-state index >= 15 is 0 Å². The van der Waals surface area contributed by atoms with Crippen LogP contribution in [0.3, 0.4) is 0 Å². The van der Waals surface area contributed by atoms with Gasteiger partial charge in [0.15, 0.2) is 0 Å². The Kier molecular flexibility index (Phi) is 5.49. The summed E-state index contributed by atoms with van der Waals surface area (Å²) in [5.41, 5.74) is 2.53. The molecule has 2 aromatic carbocycles. The van der Waals surface area contributed by atoms with Crippen LogP contribution in [0.5, 0.6) is 5.75 Å². The van der Waals surface area contributed by atoms with E-state index < -0.39 is 0 Å². The van der Waals surface area contributed by atoms with Crippen LogP contribution in [0.4, 0.5) is 0 Å². The second kappa shape index (κ2) is 7.97. The summed E-state index contributed by atoms with van der Waals surface area (Å²) in [6.45, 7) is 4.16. The summed E-state index contributed by atoms with van der Waals surface area (Å²) in [6.07, 6.45) is 2.05. The van der Waals surface area contributed by atoms with Crippen molar-refractivity contribution < 1.29 is 14.3 Å². The van der Waals surface area contributed by atoms with E-state index in [2.05, 4.69) is 5.32 Å². The van der Waals surface area contributed by atoms with Crippen LogP contribution in [0.15, 0.2) is 48.5 Å². The maximum Gasteiger partial charge on any atom is 0.342 e. The highest BCUT2D eigenvalue weighted by molar-refractivity contribution is 5.92. The lowest BCUT2D eigenvalue weighted by molar-refractivity contribution is 0.0463. The SMILES string of the molecule is Cc1ccc(C(=O)OCc2ccccc2)c(OC2CCNCC2)c1. The van der Waals surface area contributed by atoms with Crippen molar-refractivity contribution >= 4 is 5.97 Å². The zero-order valence-electron chi connectivity index (χ0n) is 14.0. The molecule has 0 spiro atoms. The van der Waals surface area contributed by atoms with Gasteiger partial charge in [-0.05, 0) is 56.1 Å². The molecule has 2 aromatic rings. The first-order valence-corrected chi connectivity index (χ1v) is 8.41. The molecule has 0 bridgehead atoms. The first kappa shape index (κ1) is 16.5. The molecule has 1 aliphatic heterocycles. The largest absolute Gasteiger partial charge is 0.489 e. The molecule has 0 aliphatic carbocycles. The number of ether oxygens (including phenoxy) is 2. The second-order valence-electron chi connectivity index (χ2n) is 6.13. The molecular weight excluding hydrogens is 302 g/mol. The quantitative estimate of drug-likeness (QED) is 0.855. The van der Waals surface area contributed by atoms with Crippen LogP contribution in [0.25, 0.3) is 0 Å². The lowest BCUT2D eigenvalue weighted by Crippen LogP contribution is -2.34. The van der Waals surface area contributed by atoms with Gasteiger partial charge in [-0.15, -0.1) is 0 Å². The monoisotopic (exact) mass is 325 g/mol. The zero-order chi connectivity index (χ0) is 16.8. The molecule has 1 N–H and O–H groups in total. The molecule has 0 saturated carbocycles. The summed E-state index contributed by atoms with van der Waals surface area (Å²) < 4.78 is 11.6. The van der Waals surface area contributed by atoms with E-state index in [9.17, 15) is 4.79 Å². The predicted molar refractivity (Wildman–Crippen MR) is 93.3 cm³/mol. The van der Waals surface area contributed by atoms with Crippen LogP contribution >= 0.6 is 0 Å². The van der Waals surface area contributed by atoms with Crippen LogP contribution in [0.1, 0.15) is 34.3 Å². The second-order valence-corrected chi connectivity index (χ2v) is 6.13. The van der Waals surface area contributed by atoms with Gasteiger partial charge >= 0.3 is 5.97 Å². The number of hydrogen-bond acceptors (Lipinski definition) is 4. The van der Waals surface area contributed by atoms with Gasteiger partial charge in [-0.3, -0.25) is 0 Å². The molecule has 1 aliphatic rings. The third-order valence-corrected chi connectivity index (χ3v) is 4.15. The zero-order valence-corrected chi connectivity index (χ0v) is 14.0. The van der Waals surface area contributed by atoms with Gasteiger partial charge in [0.25, 0.3) is 0 Å². The van der Waals surface area contributed by atoms with Crippen LogP contribution in [0, 0.1) is 6.92 Å². The van der Waals surface area contributed by atoms with Crippen molar-refractivity contribution in [3.63, 3.8) is 0 Å². The van der Waals surface area contributed by atoms with Gasteiger partial charge in [0.1, 0.15) is 24.0 Å². The van der Waals surface area contributed by atoms with E-state index in [-0.39, 0.29) is 18.7 Å². The highest BCUT2D eigenvalue weighted by atomic mass is 16.5. The van der Waals surface area contributed by atoms with Gasteiger partial charge in [0, 0.05) is 0 Å². The average Bonchev–Trinajstić information content (AvgIpc) is 2.62. The van der Waals surface area contributed by atoms with E-state index in [0.717, 1.165) is 37.1 Å². The molecule has 0 amide bonds. The predicted octanol–water partition coefficient (Wildman–Crippen LogP) is 3.48. The summed E-state index contributed by atoms with van der Waals surface area (Å²) in [5, 5.41) is 3.32. The van der Waals surface area contributed by atoms with E-state index in [0.29, 0.717) is 11.3 Å². The maximum absolute atomic E-state index is 12.5. The van der Waals surface area contributed by atoms with Crippen LogP contribution < -0.4 is 10.1 Å². The molecule has 1 heterocycles. The molecule has 3 rings (SSSR count). The maximum atomic E-state index is 12.5. The summed E-state index contributed by atoms with van der Waals surface area (Å²) in [6, 6.07) is 15.3. The Balaban J connectivity index is 1.70. The molecule has 1 saturated heterocycles. The number of esters is 1. The van der Waals surface area contributed by atoms with Gasteiger partial charge in [-0.2, -0.15) is 0 Å². The normalized spacial score (nSPS) is 15.0. The Morgan fingerprint density at radius 2 is 1.88 bits per heavy atom. The van der Waals surface area contributed by atoms with Crippen molar-refractivity contribution in [1.29, 1.82) is 0 Å². The fourth-order valence-electron chi connectivity index (χ4n) is 2.79. The molecule has 1 fully saturated rings. The van der Waals surface area contributed by atoms with E-state index in [1.807, 2.05) is 49.4 Å². The third kappa shape index (κ3) is 4.36. The minimum absolute atomic E-state index is 0.147. The lowest BCUT2D eigenvalue weighted by Gasteiger charge is -2.25. The average molecular weight is 325 g/mol. The molecule has 24 heavy (non-hydrogen) atoms. The number of nitrogens with one attached hydrogen (secondary N) is 1. The van der Waals surface area contributed by atoms with Gasteiger partial charge in [0.05, 0.1) is 0 Å². The summed E-state index contributed by atoms with van der Waals surface area (Å²) >= 11 is 0. The standard InChI is InChI=1S/C20H23NO3/c1-15-7-8-18(19(13-15)24-17-9-11-21-12-10-17)20(22)23-14-16-5-3-2-4-6-16/h2-8,13,17,21H,9-12,14H2,1H3. The first-order chi connectivity index (χ1) is 11.7. The summed E-state index contributed by atoms with van der Waals surface area (Å²) in [7, 11) is 0. The molecule has 0 aromatic heterocycles. The highest BCUT2D eigenvalue weighted by Crippen LogP contribution is 2.25. The number of carbonyl (C=O) groups excluding carboxylic acids is 1. The molecule has 4 heteroatoms. The lowest BCUT2D eigenvalue weighted by atomic mass is 10.1. The molecule has 4 nitrogen and oxygen atoms in total. The number of carbonyl (C=O) groups is 1. The van der Waals surface area contributed by atoms with Gasteiger partial charge in [0.2, 0.25) is 0 Å². The van der Waals surface area contributed by atoms with Crippen molar-refractivity contribution in [2.45, 2.75) is 32.5 Å². The summed E-state index contributed by atoms with van der Waals surface area (Å²) in [5.74, 6) is 0.280. The van der Waals surface area contributed by atoms with E-state index in [4.69, 9.17) is 9.47 Å². The van der Waals surface area contributed by atoms with E-state index in [1.54, 1.807) is 6.07 Å². The van der Waals surface area contributed by atoms with Crippen LogP contribution in [-0.4, -0.2) is 25.2 Å². The molecule has 126 valence electrons. The van der Waals surface area contributed by atoms with Crippen molar-refractivity contribution in [2.24, 2.45) is 0 Å². The minimum Gasteiger partial charge on any atom is -0.489 e. The number of aryl methyl sites for hydroxylation is 1. The number of rotatable bonds is 5. The van der Waals surface area contributed by atoms with Gasteiger partial charge < -0.3 is 14.8 Å². The summed E-state index contributed by atoms with van der Waals surface area (Å²) in [4.78, 5) is 12.5. The van der Waals surface area contributed by atoms with Crippen molar-refractivity contribution in [2.75, 3.05) is 13.1 Å². The molecular formula is C20H23NO3. The number of piperidine rings is 1. The molecule has 0 atom stereocenters. The fourth-order valence-corrected chi connectivity index (χ4v) is 2.79. The first-order valence-electron chi connectivity index (χ1n) is 8.41. The molecule has 0 radical (unpaired) electrons. The number of hydrogen-bond donors (Lipinski definition) is 1. The minimum atomic E-state index is -0.345. The van der Waals surface area contributed by atoms with Crippen molar-refractivity contribution in [1.82, 2.24) is 5.32 Å². The van der Waals surface area contributed by atoms with Crippen molar-refractivity contribution in [3.8, 4) is 5.75 Å². The Labute approximate surface area is 142 Å². The van der Waals surface area contributed by atoms with Gasteiger partial charge in [-0.1, -0.05) is 36.4 Å². The smallest absolute Gasteiger partial charge is 0.342 e. The Hall–Kier alpha value is -2.33. The Morgan fingerprint density at radius 1 is 1.12 bits per heavy atom. The van der Waals surface area contributed by atoms with Crippen LogP contribution in [-0.2, 0) is 11.3 Å². The topological polar surface area (TPSA) is 47.6 Å². The fraction of sp³-hybridized carbons (Fsp3) is 0.350. The molecule has 0 unspecified atom stereocenters. The third-order valence-electron chi connectivity index (χ3n) is 4.15. The van der Waals surface area contributed by atoms with Crippen molar-refractivity contribution in [3.05, 3.63) is 65.2 Å². The highest BCUT2D eigenvalue weighted by Gasteiger charge is 2.20. The van der Waals surface area contributed by atoms with Gasteiger partial charge in [-0.25, -0.2) is 4.79 Å².